The number of benzene rings is 2. The van der Waals surface area contributed by atoms with Crippen LogP contribution in [0.1, 0.15) is 5.56 Å². The zero-order chi connectivity index (χ0) is 20.0. The highest BCUT2D eigenvalue weighted by atomic mass is 28.3. The summed E-state index contributed by atoms with van der Waals surface area (Å²) in [4.78, 5) is 18.7. The van der Waals surface area contributed by atoms with Crippen molar-refractivity contribution in [3.05, 3.63) is 78.4 Å². The van der Waals surface area contributed by atoms with Crippen molar-refractivity contribution in [2.45, 2.75) is 37.9 Å². The number of hydrogen-bond acceptors (Lipinski definition) is 3. The van der Waals surface area contributed by atoms with Crippen molar-refractivity contribution in [1.29, 1.82) is 0 Å². The summed E-state index contributed by atoms with van der Waals surface area (Å²) in [6.07, 6.45) is 3.91. The molecular weight excluding hydrogens is 378 g/mol. The second-order valence-electron chi connectivity index (χ2n) is 9.08. The summed E-state index contributed by atoms with van der Waals surface area (Å²) in [6.45, 7) is 5.18. The van der Waals surface area contributed by atoms with E-state index < -0.39 is 8.07 Å². The Hall–Kier alpha value is -2.37. The highest BCUT2D eigenvalue weighted by molar-refractivity contribution is 6.89. The molecule has 5 heteroatoms. The molecule has 0 N–H and O–H groups in total. The van der Waals surface area contributed by atoms with Crippen molar-refractivity contribution in [2.24, 2.45) is 17.8 Å². The molecule has 2 aliphatic carbocycles. The van der Waals surface area contributed by atoms with E-state index in [1.807, 2.05) is 30.3 Å². The molecule has 0 radical (unpaired) electrons. The maximum absolute atomic E-state index is 12.7. The Morgan fingerprint density at radius 1 is 1.00 bits per heavy atom. The van der Waals surface area contributed by atoms with Gasteiger partial charge < -0.3 is 4.74 Å². The second kappa shape index (κ2) is 7.15. The van der Waals surface area contributed by atoms with Gasteiger partial charge in [-0.15, -0.1) is 0 Å². The summed E-state index contributed by atoms with van der Waals surface area (Å²) >= 11 is 0. The SMILES string of the molecule is C[Si](C)(C[C@@H]1[C@@H]2[C@H]1[C@@H]1C=C[C@H]2N(C(=O)OCc2ccccc2)O1)c1ccccc1. The monoisotopic (exact) mass is 405 g/mol. The van der Waals surface area contributed by atoms with E-state index in [2.05, 4.69) is 55.6 Å². The third-order valence-corrected chi connectivity index (χ3v) is 10.1. The van der Waals surface area contributed by atoms with Crippen molar-refractivity contribution < 1.29 is 14.4 Å². The molecule has 4 nitrogen and oxygen atoms in total. The average molecular weight is 406 g/mol. The van der Waals surface area contributed by atoms with E-state index in [0.717, 1.165) is 5.56 Å². The zero-order valence-electron chi connectivity index (χ0n) is 16.9. The normalized spacial score (nSPS) is 29.4. The number of nitrogens with zero attached hydrogens (tertiary/aromatic N) is 1. The number of hydroxylamine groups is 2. The van der Waals surface area contributed by atoms with E-state index >= 15 is 0 Å². The molecule has 150 valence electrons. The van der Waals surface area contributed by atoms with Crippen LogP contribution >= 0.6 is 0 Å². The van der Waals surface area contributed by atoms with Gasteiger partial charge in [-0.25, -0.2) is 4.79 Å². The van der Waals surface area contributed by atoms with Gasteiger partial charge in [-0.2, -0.15) is 5.06 Å². The lowest BCUT2D eigenvalue weighted by molar-refractivity contribution is -0.213. The number of hydrogen-bond donors (Lipinski definition) is 0. The molecule has 2 fully saturated rings. The summed E-state index contributed by atoms with van der Waals surface area (Å²) in [6, 6.07) is 21.9. The third kappa shape index (κ3) is 3.43. The molecule has 2 bridgehead atoms. The number of amides is 1. The highest BCUT2D eigenvalue weighted by Gasteiger charge is 2.65. The van der Waals surface area contributed by atoms with Gasteiger partial charge in [-0.05, 0) is 29.4 Å². The van der Waals surface area contributed by atoms with Gasteiger partial charge in [0.25, 0.3) is 0 Å². The third-order valence-electron chi connectivity index (χ3n) is 6.76. The molecule has 0 aromatic heterocycles. The summed E-state index contributed by atoms with van der Waals surface area (Å²) in [5.74, 6) is 1.66. The minimum atomic E-state index is -1.53. The number of carbonyl (C=O) groups is 1. The minimum Gasteiger partial charge on any atom is -0.443 e. The predicted molar refractivity (Wildman–Crippen MR) is 115 cm³/mol. The van der Waals surface area contributed by atoms with E-state index in [9.17, 15) is 4.79 Å². The number of carbonyl (C=O) groups excluding carboxylic acids is 1. The van der Waals surface area contributed by atoms with E-state index in [4.69, 9.17) is 9.57 Å². The number of fused-ring (bicyclic) bond motifs is 1. The molecule has 0 spiro atoms. The predicted octanol–water partition coefficient (Wildman–Crippen LogP) is 4.36. The van der Waals surface area contributed by atoms with Crippen molar-refractivity contribution >= 4 is 19.4 Å². The smallest absolute Gasteiger partial charge is 0.434 e. The van der Waals surface area contributed by atoms with Crippen LogP contribution < -0.4 is 5.19 Å². The first-order valence-corrected chi connectivity index (χ1v) is 13.7. The van der Waals surface area contributed by atoms with Gasteiger partial charge >= 0.3 is 6.09 Å². The molecule has 6 rings (SSSR count). The lowest BCUT2D eigenvalue weighted by atomic mass is 9.99. The molecular formula is C24H27NO3Si. The van der Waals surface area contributed by atoms with Gasteiger partial charge in [0.05, 0.1) is 14.1 Å². The molecule has 0 unspecified atom stereocenters. The largest absolute Gasteiger partial charge is 0.443 e. The maximum atomic E-state index is 12.7. The lowest BCUT2D eigenvalue weighted by Crippen LogP contribution is -2.50. The van der Waals surface area contributed by atoms with Gasteiger partial charge in [0.2, 0.25) is 0 Å². The van der Waals surface area contributed by atoms with Crippen LogP contribution in [-0.4, -0.2) is 31.4 Å². The Labute approximate surface area is 173 Å². The zero-order valence-corrected chi connectivity index (χ0v) is 17.9. The quantitative estimate of drug-likeness (QED) is 0.548. The molecule has 2 aromatic rings. The average Bonchev–Trinajstić information content (AvgIpc) is 3.49. The van der Waals surface area contributed by atoms with E-state index in [-0.39, 0.29) is 24.8 Å². The molecule has 2 heterocycles. The van der Waals surface area contributed by atoms with E-state index in [0.29, 0.717) is 17.8 Å². The van der Waals surface area contributed by atoms with Gasteiger partial charge in [-0.1, -0.05) is 91.1 Å². The Morgan fingerprint density at radius 3 is 2.41 bits per heavy atom. The van der Waals surface area contributed by atoms with Crippen molar-refractivity contribution in [2.75, 3.05) is 0 Å². The molecule has 4 aliphatic rings. The topological polar surface area (TPSA) is 38.8 Å². The van der Waals surface area contributed by atoms with Crippen LogP contribution in [0.3, 0.4) is 0 Å². The molecule has 1 amide bonds. The van der Waals surface area contributed by atoms with Crippen molar-refractivity contribution in [3.8, 4) is 0 Å². The summed E-state index contributed by atoms with van der Waals surface area (Å²) in [7, 11) is -1.53. The molecule has 2 aromatic carbocycles. The fourth-order valence-corrected chi connectivity index (χ4v) is 8.26. The van der Waals surface area contributed by atoms with Gasteiger partial charge in [0, 0.05) is 0 Å². The van der Waals surface area contributed by atoms with Crippen molar-refractivity contribution in [3.63, 3.8) is 0 Å². The van der Waals surface area contributed by atoms with Crippen molar-refractivity contribution in [1.82, 2.24) is 5.06 Å². The Balaban J connectivity index is 1.25. The number of ether oxygens (including phenoxy) is 1. The highest BCUT2D eigenvalue weighted by Crippen LogP contribution is 2.61. The standard InChI is InChI=1S/C24H27NO3Si/c1-29(2,18-11-7-4-8-12-18)16-19-22-20-13-14-21(23(19)22)28-25(20)24(26)27-15-17-9-5-3-6-10-17/h3-14,19-23H,15-16H2,1-2H3/t19-,20-,21+,22+,23-/m1/s1. The first-order chi connectivity index (χ1) is 14.0. The first kappa shape index (κ1) is 18.6. The second-order valence-corrected chi connectivity index (χ2v) is 13.8. The summed E-state index contributed by atoms with van der Waals surface area (Å²) in [5.41, 5.74) is 0.983. The van der Waals surface area contributed by atoms with Crippen LogP contribution in [0.5, 0.6) is 0 Å². The van der Waals surface area contributed by atoms with Crippen LogP contribution in [0.4, 0.5) is 4.79 Å². The fraction of sp³-hybridized carbons (Fsp3) is 0.375. The van der Waals surface area contributed by atoms with Crippen LogP contribution in [-0.2, 0) is 16.2 Å². The van der Waals surface area contributed by atoms with E-state index in [1.54, 1.807) is 0 Å². The molecule has 5 atom stereocenters. The summed E-state index contributed by atoms with van der Waals surface area (Å²) in [5, 5.41) is 3.00. The Morgan fingerprint density at radius 2 is 1.69 bits per heavy atom. The van der Waals surface area contributed by atoms with Crippen LogP contribution in [0.2, 0.25) is 19.1 Å². The molecule has 1 saturated carbocycles. The van der Waals surface area contributed by atoms with Crippen LogP contribution in [0.15, 0.2) is 72.8 Å². The Kier molecular flexibility index (Phi) is 4.60. The van der Waals surface area contributed by atoms with Gasteiger partial charge in [0.1, 0.15) is 12.7 Å². The Bertz CT molecular complexity index is 914. The van der Waals surface area contributed by atoms with Crippen LogP contribution in [0.25, 0.3) is 0 Å². The molecule has 2 aliphatic heterocycles. The summed E-state index contributed by atoms with van der Waals surface area (Å²) < 4.78 is 5.53. The lowest BCUT2D eigenvalue weighted by Gasteiger charge is -2.38. The minimum absolute atomic E-state index is 0.000140. The van der Waals surface area contributed by atoms with Gasteiger partial charge in [0.15, 0.2) is 0 Å². The maximum Gasteiger partial charge on any atom is 0.434 e. The molecule has 29 heavy (non-hydrogen) atoms. The fourth-order valence-electron chi connectivity index (χ4n) is 5.21. The molecule has 1 saturated heterocycles. The first-order valence-electron chi connectivity index (χ1n) is 10.5. The number of rotatable bonds is 5. The van der Waals surface area contributed by atoms with Gasteiger partial charge in [-0.3, -0.25) is 4.84 Å². The van der Waals surface area contributed by atoms with E-state index in [1.165, 1.54) is 16.3 Å². The van der Waals surface area contributed by atoms with Crippen LogP contribution in [0, 0.1) is 17.8 Å².